The predicted octanol–water partition coefficient (Wildman–Crippen LogP) is 4.27. The van der Waals surface area contributed by atoms with Crippen LogP contribution in [0.15, 0.2) is 73.3 Å². The molecule has 5 aromatic rings. The standard InChI is InChI=1S/C46H58N12O8/c1-28-12-15-58(23-28)46(64)33-21-39(65-8)40(22-34(33)47)66-16-9-11-41(59)49-29-17-36(55(5)24-29)43(61)51-31-19-38(57(7)26-31)45(63)52-32-20-37(56(6)27-32)44(62)50-30-18-35(54(4)25-30)42(60)48-13-10-14-53(2)3/h17-22,24-27H,1,9-16,23,47H2,2-8H3,(H,48,60)(H,49,59)(H,50,62)(H,51,61)(H,52,63). The van der Waals surface area contributed by atoms with Gasteiger partial charge in [0.05, 0.1) is 42.0 Å². The van der Waals surface area contributed by atoms with Crippen molar-refractivity contribution < 1.29 is 38.2 Å². The summed E-state index contributed by atoms with van der Waals surface area (Å²) in [7, 11) is 12.1. The zero-order chi connectivity index (χ0) is 47.8. The molecule has 350 valence electrons. The molecule has 0 unspecified atom stereocenters. The summed E-state index contributed by atoms with van der Waals surface area (Å²) in [5, 5.41) is 14.1. The molecular weight excluding hydrogens is 849 g/mol. The lowest BCUT2D eigenvalue weighted by Gasteiger charge is -2.18. The summed E-state index contributed by atoms with van der Waals surface area (Å²) in [4.78, 5) is 82.3. The monoisotopic (exact) mass is 906 g/mol. The van der Waals surface area contributed by atoms with Gasteiger partial charge >= 0.3 is 0 Å². The van der Waals surface area contributed by atoms with Crippen LogP contribution in [0.2, 0.25) is 0 Å². The highest BCUT2D eigenvalue weighted by molar-refractivity contribution is 6.09. The molecule has 0 spiro atoms. The van der Waals surface area contributed by atoms with Gasteiger partial charge in [0, 0.05) is 90.8 Å². The number of ether oxygens (including phenoxy) is 2. The molecule has 66 heavy (non-hydrogen) atoms. The molecule has 7 N–H and O–H groups in total. The SMILES string of the molecule is C=C1CCN(C(=O)c2cc(OC)c(OCCCC(=O)Nc3cc(C(=O)Nc4cc(C(=O)Nc5cc(C(=O)Nc6cc(C(=O)NCCCN(C)C)n(C)c6)n(C)c5)n(C)c4)n(C)c3)cc2N)C1. The minimum Gasteiger partial charge on any atom is -0.493 e. The van der Waals surface area contributed by atoms with Crippen molar-refractivity contribution in [1.82, 2.24) is 33.4 Å². The molecule has 0 saturated carbocycles. The highest BCUT2D eigenvalue weighted by Gasteiger charge is 2.25. The fourth-order valence-corrected chi connectivity index (χ4v) is 7.44. The number of rotatable bonds is 19. The van der Waals surface area contributed by atoms with Crippen LogP contribution < -0.4 is 41.8 Å². The number of hydrogen-bond acceptors (Lipinski definition) is 10. The Morgan fingerprint density at radius 1 is 0.682 bits per heavy atom. The molecule has 4 aromatic heterocycles. The van der Waals surface area contributed by atoms with Crippen LogP contribution in [0, 0.1) is 0 Å². The van der Waals surface area contributed by atoms with Crippen LogP contribution in [-0.2, 0) is 33.0 Å². The molecule has 0 atom stereocenters. The first-order valence-corrected chi connectivity index (χ1v) is 21.3. The van der Waals surface area contributed by atoms with Gasteiger partial charge in [-0.2, -0.15) is 0 Å². The lowest BCUT2D eigenvalue weighted by molar-refractivity contribution is -0.116. The molecule has 6 amide bonds. The van der Waals surface area contributed by atoms with E-state index < -0.39 is 17.7 Å². The molecule has 0 aliphatic carbocycles. The Morgan fingerprint density at radius 2 is 1.17 bits per heavy atom. The zero-order valence-corrected chi connectivity index (χ0v) is 38.4. The second-order valence-electron chi connectivity index (χ2n) is 16.5. The number of carbonyl (C=O) groups excluding carboxylic acids is 6. The lowest BCUT2D eigenvalue weighted by atomic mass is 10.1. The number of hydrogen-bond donors (Lipinski definition) is 6. The van der Waals surface area contributed by atoms with Crippen molar-refractivity contribution in [2.24, 2.45) is 28.2 Å². The minimum absolute atomic E-state index is 0.115. The fourth-order valence-electron chi connectivity index (χ4n) is 7.44. The third-order valence-corrected chi connectivity index (χ3v) is 10.9. The van der Waals surface area contributed by atoms with Gasteiger partial charge in [-0.15, -0.1) is 0 Å². The van der Waals surface area contributed by atoms with Gasteiger partial charge in [0.2, 0.25) is 5.91 Å². The first kappa shape index (κ1) is 47.7. The van der Waals surface area contributed by atoms with Gasteiger partial charge in [0.1, 0.15) is 22.8 Å². The number of nitrogens with zero attached hydrogens (tertiary/aromatic N) is 6. The molecule has 1 fully saturated rings. The summed E-state index contributed by atoms with van der Waals surface area (Å²) in [6, 6.07) is 9.30. The minimum atomic E-state index is -0.480. The number of aromatic nitrogens is 4. The molecule has 1 aliphatic heterocycles. The number of nitrogen functional groups attached to an aromatic ring is 1. The van der Waals surface area contributed by atoms with Crippen molar-refractivity contribution in [1.29, 1.82) is 0 Å². The number of benzene rings is 1. The number of likely N-dealkylation sites (tertiary alicyclic amines) is 1. The van der Waals surface area contributed by atoms with E-state index in [4.69, 9.17) is 15.2 Å². The second kappa shape index (κ2) is 20.8. The second-order valence-corrected chi connectivity index (χ2v) is 16.5. The number of carbonyl (C=O) groups is 6. The molecule has 0 bridgehead atoms. The number of amides is 6. The topological polar surface area (TPSA) is 233 Å². The predicted molar refractivity (Wildman–Crippen MR) is 251 cm³/mol. The van der Waals surface area contributed by atoms with Crippen molar-refractivity contribution in [3.05, 3.63) is 102 Å². The zero-order valence-electron chi connectivity index (χ0n) is 38.4. The van der Waals surface area contributed by atoms with Crippen molar-refractivity contribution >= 4 is 63.9 Å². The number of aryl methyl sites for hydroxylation is 4. The molecule has 5 heterocycles. The highest BCUT2D eigenvalue weighted by atomic mass is 16.5. The molecule has 20 heteroatoms. The maximum absolute atomic E-state index is 13.4. The van der Waals surface area contributed by atoms with E-state index in [1.807, 2.05) is 19.0 Å². The van der Waals surface area contributed by atoms with E-state index in [1.165, 1.54) is 19.2 Å². The lowest BCUT2D eigenvalue weighted by Crippen LogP contribution is -2.28. The van der Waals surface area contributed by atoms with Gasteiger partial charge in [-0.05, 0) is 70.2 Å². The summed E-state index contributed by atoms with van der Waals surface area (Å²) in [5.74, 6) is -1.44. The van der Waals surface area contributed by atoms with Crippen LogP contribution in [0.1, 0.15) is 78.0 Å². The normalized spacial score (nSPS) is 12.3. The van der Waals surface area contributed by atoms with Crippen LogP contribution in [0.3, 0.4) is 0 Å². The van der Waals surface area contributed by atoms with Crippen LogP contribution in [-0.4, -0.2) is 118 Å². The van der Waals surface area contributed by atoms with Crippen LogP contribution in [0.4, 0.5) is 28.4 Å². The largest absolute Gasteiger partial charge is 0.493 e. The average molecular weight is 907 g/mol. The first-order chi connectivity index (χ1) is 31.4. The Balaban J connectivity index is 0.971. The summed E-state index contributed by atoms with van der Waals surface area (Å²) in [6.07, 6.45) is 8.47. The van der Waals surface area contributed by atoms with Crippen molar-refractivity contribution in [2.75, 3.05) is 81.0 Å². The van der Waals surface area contributed by atoms with E-state index in [-0.39, 0.29) is 53.5 Å². The molecule has 1 saturated heterocycles. The smallest absolute Gasteiger partial charge is 0.272 e. The van der Waals surface area contributed by atoms with Crippen LogP contribution in [0.5, 0.6) is 11.5 Å². The molecule has 6 rings (SSSR count). The fraction of sp³-hybridized carbons (Fsp3) is 0.348. The maximum atomic E-state index is 13.4. The average Bonchev–Trinajstić information content (AvgIpc) is 4.10. The Hall–Kier alpha value is -7.74. The Kier molecular flexibility index (Phi) is 15.1. The summed E-state index contributed by atoms with van der Waals surface area (Å²) in [5.41, 5.74) is 10.5. The summed E-state index contributed by atoms with van der Waals surface area (Å²) >= 11 is 0. The van der Waals surface area contributed by atoms with Crippen molar-refractivity contribution in [3.63, 3.8) is 0 Å². The van der Waals surface area contributed by atoms with E-state index in [0.29, 0.717) is 71.6 Å². The third kappa shape index (κ3) is 11.7. The van der Waals surface area contributed by atoms with Crippen LogP contribution in [0.25, 0.3) is 0 Å². The molecule has 1 aromatic carbocycles. The Labute approximate surface area is 382 Å². The van der Waals surface area contributed by atoms with Crippen molar-refractivity contribution in [2.45, 2.75) is 25.7 Å². The van der Waals surface area contributed by atoms with E-state index in [0.717, 1.165) is 25.0 Å². The molecule has 20 nitrogen and oxygen atoms in total. The van der Waals surface area contributed by atoms with Gasteiger partial charge < -0.3 is 69.9 Å². The molecule has 0 radical (unpaired) electrons. The van der Waals surface area contributed by atoms with Gasteiger partial charge in [0.15, 0.2) is 11.5 Å². The summed E-state index contributed by atoms with van der Waals surface area (Å²) < 4.78 is 17.7. The van der Waals surface area contributed by atoms with E-state index in [2.05, 4.69) is 33.2 Å². The maximum Gasteiger partial charge on any atom is 0.272 e. The van der Waals surface area contributed by atoms with Gasteiger partial charge in [-0.3, -0.25) is 28.8 Å². The number of anilines is 5. The third-order valence-electron chi connectivity index (χ3n) is 10.9. The number of nitrogens with two attached hydrogens (primary N) is 1. The Morgan fingerprint density at radius 3 is 1.62 bits per heavy atom. The highest BCUT2D eigenvalue weighted by Crippen LogP contribution is 2.34. The van der Waals surface area contributed by atoms with Gasteiger partial charge in [-0.1, -0.05) is 12.2 Å². The van der Waals surface area contributed by atoms with E-state index >= 15 is 0 Å². The van der Waals surface area contributed by atoms with Crippen LogP contribution >= 0.6 is 0 Å². The van der Waals surface area contributed by atoms with E-state index in [9.17, 15) is 28.8 Å². The van der Waals surface area contributed by atoms with Gasteiger partial charge in [0.25, 0.3) is 29.5 Å². The Bertz CT molecular complexity index is 2670. The van der Waals surface area contributed by atoms with Gasteiger partial charge in [-0.25, -0.2) is 0 Å². The quantitative estimate of drug-likeness (QED) is 0.0391. The van der Waals surface area contributed by atoms with E-state index in [1.54, 1.807) is 100 Å². The molecule has 1 aliphatic rings. The first-order valence-electron chi connectivity index (χ1n) is 21.3. The number of nitrogens with one attached hydrogen (secondary N) is 5. The van der Waals surface area contributed by atoms with Crippen molar-refractivity contribution in [3.8, 4) is 11.5 Å². The summed E-state index contributed by atoms with van der Waals surface area (Å²) in [6.45, 7) is 6.56. The molecular formula is C46H58N12O8. The number of methoxy groups -OCH3 is 1.